The van der Waals surface area contributed by atoms with Gasteiger partial charge in [-0.1, -0.05) is 60.7 Å². The summed E-state index contributed by atoms with van der Waals surface area (Å²) in [6.07, 6.45) is 2.70. The molecule has 1 N–H and O–H groups in total. The summed E-state index contributed by atoms with van der Waals surface area (Å²) in [7, 11) is 0. The zero-order valence-corrected chi connectivity index (χ0v) is 22.7. The predicted molar refractivity (Wildman–Crippen MR) is 155 cm³/mol. The minimum absolute atomic E-state index is 0.170. The highest BCUT2D eigenvalue weighted by Crippen LogP contribution is 2.37. The number of thiocarbonyl (C=S) groups is 1. The first kappa shape index (κ1) is 26.7. The van der Waals surface area contributed by atoms with Crippen LogP contribution in [0.25, 0.3) is 6.08 Å². The summed E-state index contributed by atoms with van der Waals surface area (Å²) in [5, 5.41) is 3.34. The molecule has 0 aliphatic carbocycles. The second-order valence-corrected chi connectivity index (χ2v) is 10.1. The number of halogens is 1. The van der Waals surface area contributed by atoms with Crippen molar-refractivity contribution < 1.29 is 19.1 Å². The van der Waals surface area contributed by atoms with Gasteiger partial charge < -0.3 is 14.8 Å². The monoisotopic (exact) mass is 552 g/mol. The van der Waals surface area contributed by atoms with E-state index < -0.39 is 0 Å². The number of benzene rings is 3. The number of carbonyl (C=O) groups is 2. The Bertz CT molecular complexity index is 1340. The van der Waals surface area contributed by atoms with E-state index >= 15 is 0 Å². The van der Waals surface area contributed by atoms with Crippen LogP contribution >= 0.6 is 35.6 Å². The summed E-state index contributed by atoms with van der Waals surface area (Å²) in [5.74, 6) is 0.413. The number of anilines is 2. The molecular weight excluding hydrogens is 528 g/mol. The number of rotatable bonds is 9. The van der Waals surface area contributed by atoms with Gasteiger partial charge in [-0.3, -0.25) is 14.5 Å². The number of thioether (sulfide) groups is 1. The molecule has 1 aliphatic rings. The Morgan fingerprint density at radius 1 is 1.03 bits per heavy atom. The molecule has 0 bridgehead atoms. The van der Waals surface area contributed by atoms with Crippen molar-refractivity contribution in [2.45, 2.75) is 20.3 Å². The normalized spacial score (nSPS) is 14.2. The van der Waals surface area contributed by atoms with Gasteiger partial charge in [-0.05, 0) is 79.1 Å². The maximum atomic E-state index is 13.1. The van der Waals surface area contributed by atoms with Gasteiger partial charge in [0.1, 0.15) is 0 Å². The van der Waals surface area contributed by atoms with Crippen LogP contribution in [-0.4, -0.2) is 29.3 Å². The van der Waals surface area contributed by atoms with E-state index in [1.807, 2.05) is 31.2 Å². The zero-order valence-electron chi connectivity index (χ0n) is 20.3. The molecule has 0 spiro atoms. The first-order valence-corrected chi connectivity index (χ1v) is 13.3. The van der Waals surface area contributed by atoms with E-state index in [1.54, 1.807) is 53.4 Å². The molecule has 0 saturated carbocycles. The molecule has 4 rings (SSSR count). The molecule has 3 aromatic carbocycles. The molecule has 1 fully saturated rings. The summed E-state index contributed by atoms with van der Waals surface area (Å²) >= 11 is 12.6. The fraction of sp³-hybridized carbons (Fsp3) is 0.179. The summed E-state index contributed by atoms with van der Waals surface area (Å²) in [6.45, 7) is 4.16. The first-order valence-electron chi connectivity index (χ1n) is 11.7. The number of amides is 2. The number of nitrogens with one attached hydrogen (secondary N) is 1. The van der Waals surface area contributed by atoms with Crippen molar-refractivity contribution >= 4 is 69.2 Å². The van der Waals surface area contributed by atoms with Gasteiger partial charge in [0.2, 0.25) is 0 Å². The Labute approximate surface area is 230 Å². The Kier molecular flexibility index (Phi) is 8.87. The van der Waals surface area contributed by atoms with Gasteiger partial charge in [-0.15, -0.1) is 0 Å². The highest BCUT2D eigenvalue weighted by atomic mass is 35.5. The molecule has 0 atom stereocenters. The number of hydrogen-bond acceptors (Lipinski definition) is 6. The summed E-state index contributed by atoms with van der Waals surface area (Å²) in [4.78, 5) is 27.5. The van der Waals surface area contributed by atoms with E-state index in [0.717, 1.165) is 17.7 Å². The maximum absolute atomic E-state index is 13.1. The van der Waals surface area contributed by atoms with Crippen molar-refractivity contribution in [3.63, 3.8) is 0 Å². The molecule has 1 heterocycles. The van der Waals surface area contributed by atoms with Crippen LogP contribution in [0.4, 0.5) is 11.4 Å². The molecule has 3 aromatic rings. The Hall–Kier alpha value is -3.33. The molecule has 0 aromatic heterocycles. The van der Waals surface area contributed by atoms with Crippen LogP contribution in [0.3, 0.4) is 0 Å². The van der Waals surface area contributed by atoms with Gasteiger partial charge in [0.05, 0.1) is 17.2 Å². The molecule has 37 heavy (non-hydrogen) atoms. The Morgan fingerprint density at radius 2 is 1.76 bits per heavy atom. The van der Waals surface area contributed by atoms with Crippen LogP contribution in [-0.2, 0) is 16.0 Å². The highest BCUT2D eigenvalue weighted by molar-refractivity contribution is 8.27. The molecule has 6 nitrogen and oxygen atoms in total. The van der Waals surface area contributed by atoms with Crippen LogP contribution in [0.15, 0.2) is 71.6 Å². The van der Waals surface area contributed by atoms with Crippen LogP contribution in [0.5, 0.6) is 11.5 Å². The quantitative estimate of drug-likeness (QED) is 0.235. The van der Waals surface area contributed by atoms with Gasteiger partial charge in [0, 0.05) is 10.7 Å². The van der Waals surface area contributed by atoms with Crippen LogP contribution in [0, 0.1) is 0 Å². The molecule has 1 saturated heterocycles. The second kappa shape index (κ2) is 12.3. The van der Waals surface area contributed by atoms with E-state index in [4.69, 9.17) is 33.3 Å². The number of ether oxygens (including phenoxy) is 2. The standard InChI is InChI=1S/C28H25ClN2O4S2/c1-3-18-5-12-22(13-6-18)31-27(33)25(37-28(31)36)16-19-7-14-23(24(15-19)34-4-2)35-17-26(32)30-21-10-8-20(29)9-11-21/h5-16H,3-4,17H2,1-2H3,(H,30,32)/b25-16-. The predicted octanol–water partition coefficient (Wildman–Crippen LogP) is 6.72. The summed E-state index contributed by atoms with van der Waals surface area (Å²) in [6, 6.07) is 19.9. The van der Waals surface area contributed by atoms with Crippen LogP contribution < -0.4 is 19.7 Å². The molecule has 0 unspecified atom stereocenters. The molecular formula is C28H25ClN2O4S2. The Balaban J connectivity index is 1.46. The van der Waals surface area contributed by atoms with Crippen molar-refractivity contribution in [1.82, 2.24) is 0 Å². The molecule has 190 valence electrons. The van der Waals surface area contributed by atoms with Gasteiger partial charge in [0.25, 0.3) is 11.8 Å². The Morgan fingerprint density at radius 3 is 2.43 bits per heavy atom. The molecule has 1 aliphatic heterocycles. The van der Waals surface area contributed by atoms with Gasteiger partial charge in [-0.25, -0.2) is 0 Å². The average Bonchev–Trinajstić information content (AvgIpc) is 3.17. The highest BCUT2D eigenvalue weighted by Gasteiger charge is 2.33. The fourth-order valence-electron chi connectivity index (χ4n) is 3.60. The minimum Gasteiger partial charge on any atom is -0.490 e. The minimum atomic E-state index is -0.315. The summed E-state index contributed by atoms with van der Waals surface area (Å²) in [5.41, 5.74) is 3.32. The first-order chi connectivity index (χ1) is 17.9. The van der Waals surface area contributed by atoms with E-state index in [9.17, 15) is 9.59 Å². The second-order valence-electron chi connectivity index (χ2n) is 8.02. The van der Waals surface area contributed by atoms with E-state index in [2.05, 4.69) is 12.2 Å². The smallest absolute Gasteiger partial charge is 0.270 e. The zero-order chi connectivity index (χ0) is 26.4. The number of hydrogen-bond donors (Lipinski definition) is 1. The third-order valence-corrected chi connectivity index (χ3v) is 7.00. The molecule has 0 radical (unpaired) electrons. The lowest BCUT2D eigenvalue weighted by Gasteiger charge is -2.15. The van der Waals surface area contributed by atoms with Gasteiger partial charge >= 0.3 is 0 Å². The van der Waals surface area contributed by atoms with Crippen molar-refractivity contribution in [1.29, 1.82) is 0 Å². The van der Waals surface area contributed by atoms with Crippen molar-refractivity contribution in [2.24, 2.45) is 0 Å². The number of aryl methyl sites for hydroxylation is 1. The van der Waals surface area contributed by atoms with Crippen LogP contribution in [0.1, 0.15) is 25.0 Å². The lowest BCUT2D eigenvalue weighted by molar-refractivity contribution is -0.118. The van der Waals surface area contributed by atoms with Crippen molar-refractivity contribution in [3.8, 4) is 11.5 Å². The maximum Gasteiger partial charge on any atom is 0.270 e. The van der Waals surface area contributed by atoms with Crippen molar-refractivity contribution in [2.75, 3.05) is 23.4 Å². The lowest BCUT2D eigenvalue weighted by Crippen LogP contribution is -2.27. The molecule has 2 amide bonds. The average molecular weight is 553 g/mol. The van der Waals surface area contributed by atoms with E-state index in [0.29, 0.717) is 38.0 Å². The van der Waals surface area contributed by atoms with E-state index in [-0.39, 0.29) is 18.4 Å². The van der Waals surface area contributed by atoms with E-state index in [1.165, 1.54) is 17.3 Å². The van der Waals surface area contributed by atoms with Gasteiger partial charge in [0.15, 0.2) is 22.4 Å². The topological polar surface area (TPSA) is 67.9 Å². The SMILES string of the molecule is CCOc1cc(/C=C2\SC(=S)N(c3ccc(CC)cc3)C2=O)ccc1OCC(=O)Nc1ccc(Cl)cc1. The van der Waals surface area contributed by atoms with Crippen molar-refractivity contribution in [3.05, 3.63) is 87.8 Å². The molecule has 9 heteroatoms. The largest absolute Gasteiger partial charge is 0.490 e. The number of nitrogens with zero attached hydrogens (tertiary/aromatic N) is 1. The number of carbonyl (C=O) groups excluding carboxylic acids is 2. The van der Waals surface area contributed by atoms with Gasteiger partial charge in [-0.2, -0.15) is 0 Å². The van der Waals surface area contributed by atoms with Crippen LogP contribution in [0.2, 0.25) is 5.02 Å². The third kappa shape index (κ3) is 6.71. The lowest BCUT2D eigenvalue weighted by atomic mass is 10.1. The third-order valence-electron chi connectivity index (χ3n) is 5.45. The fourth-order valence-corrected chi connectivity index (χ4v) is 5.02. The summed E-state index contributed by atoms with van der Waals surface area (Å²) < 4.78 is 11.9.